The molecule has 4 nitrogen and oxygen atoms in total. The third-order valence-electron chi connectivity index (χ3n) is 4.40. The molecule has 1 aliphatic carbocycles. The van der Waals surface area contributed by atoms with Crippen LogP contribution in [-0.4, -0.2) is 18.0 Å². The van der Waals surface area contributed by atoms with Gasteiger partial charge in [0.25, 0.3) is 0 Å². The van der Waals surface area contributed by atoms with Crippen molar-refractivity contribution in [3.05, 3.63) is 53.7 Å². The Labute approximate surface area is 130 Å². The van der Waals surface area contributed by atoms with Gasteiger partial charge in [0.1, 0.15) is 11.6 Å². The first kappa shape index (κ1) is 14.6. The molecule has 0 aliphatic heterocycles. The fourth-order valence-electron chi connectivity index (χ4n) is 2.96. The highest BCUT2D eigenvalue weighted by Crippen LogP contribution is 2.36. The van der Waals surface area contributed by atoms with Gasteiger partial charge < -0.3 is 10.1 Å². The summed E-state index contributed by atoms with van der Waals surface area (Å²) in [7, 11) is 1.60. The molecule has 0 fully saturated rings. The minimum absolute atomic E-state index is 0.0164. The third kappa shape index (κ3) is 2.82. The third-order valence-corrected chi connectivity index (χ3v) is 4.40. The molecule has 1 heterocycles. The van der Waals surface area contributed by atoms with Gasteiger partial charge in [0.15, 0.2) is 0 Å². The Kier molecular flexibility index (Phi) is 3.84. The van der Waals surface area contributed by atoms with E-state index in [0.29, 0.717) is 11.6 Å². The molecule has 4 heteroatoms. The number of aryl methyl sites for hydroxylation is 1. The quantitative estimate of drug-likeness (QED) is 0.946. The van der Waals surface area contributed by atoms with Crippen molar-refractivity contribution < 1.29 is 9.53 Å². The van der Waals surface area contributed by atoms with Crippen molar-refractivity contribution in [1.29, 1.82) is 0 Å². The average molecular weight is 296 g/mol. The minimum atomic E-state index is -0.404. The largest absolute Gasteiger partial charge is 0.497 e. The van der Waals surface area contributed by atoms with Crippen LogP contribution in [0.4, 0.5) is 5.82 Å². The van der Waals surface area contributed by atoms with E-state index < -0.39 is 5.41 Å². The number of benzene rings is 1. The molecule has 0 radical (unpaired) electrons. The van der Waals surface area contributed by atoms with Gasteiger partial charge in [-0.2, -0.15) is 0 Å². The van der Waals surface area contributed by atoms with Gasteiger partial charge in [-0.3, -0.25) is 4.79 Å². The predicted octanol–water partition coefficient (Wildman–Crippen LogP) is 3.22. The van der Waals surface area contributed by atoms with Crippen molar-refractivity contribution in [1.82, 2.24) is 4.98 Å². The summed E-state index contributed by atoms with van der Waals surface area (Å²) in [6.07, 6.45) is 4.18. The average Bonchev–Trinajstić information content (AvgIpc) is 2.55. The second-order valence-electron chi connectivity index (χ2n) is 6.04. The van der Waals surface area contributed by atoms with Gasteiger partial charge in [-0.15, -0.1) is 0 Å². The summed E-state index contributed by atoms with van der Waals surface area (Å²) < 4.78 is 5.16. The predicted molar refractivity (Wildman–Crippen MR) is 86.0 cm³/mol. The lowest BCUT2D eigenvalue weighted by atomic mass is 9.72. The lowest BCUT2D eigenvalue weighted by Gasteiger charge is -2.33. The Morgan fingerprint density at radius 1 is 1.27 bits per heavy atom. The van der Waals surface area contributed by atoms with Crippen molar-refractivity contribution in [2.45, 2.75) is 26.2 Å². The Hall–Kier alpha value is -2.36. The lowest BCUT2D eigenvalue weighted by Crippen LogP contribution is -2.38. The van der Waals surface area contributed by atoms with Crippen LogP contribution in [0.1, 0.15) is 24.5 Å². The first-order valence-electron chi connectivity index (χ1n) is 7.49. The molecule has 2 aromatic rings. The van der Waals surface area contributed by atoms with Crippen LogP contribution in [0.3, 0.4) is 0 Å². The molecular formula is C18H20N2O2. The van der Waals surface area contributed by atoms with E-state index in [4.69, 9.17) is 4.74 Å². The van der Waals surface area contributed by atoms with Crippen molar-refractivity contribution in [3.63, 3.8) is 0 Å². The fourth-order valence-corrected chi connectivity index (χ4v) is 2.96. The van der Waals surface area contributed by atoms with E-state index in [0.717, 1.165) is 19.3 Å². The van der Waals surface area contributed by atoms with Gasteiger partial charge in [0.2, 0.25) is 5.91 Å². The number of hydrogen-bond acceptors (Lipinski definition) is 3. The number of anilines is 1. The number of aromatic nitrogens is 1. The number of hydrogen-bond donors (Lipinski definition) is 1. The molecule has 0 bridgehead atoms. The van der Waals surface area contributed by atoms with E-state index in [-0.39, 0.29) is 5.91 Å². The van der Waals surface area contributed by atoms with E-state index >= 15 is 0 Å². The molecule has 3 rings (SSSR count). The van der Waals surface area contributed by atoms with Crippen LogP contribution in [-0.2, 0) is 17.6 Å². The summed E-state index contributed by atoms with van der Waals surface area (Å²) in [6.45, 7) is 2.03. The van der Waals surface area contributed by atoms with Crippen molar-refractivity contribution in [2.24, 2.45) is 5.41 Å². The van der Waals surface area contributed by atoms with E-state index in [1.165, 1.54) is 11.1 Å². The second kappa shape index (κ2) is 5.79. The number of amides is 1. The van der Waals surface area contributed by atoms with E-state index in [1.807, 2.05) is 13.0 Å². The molecule has 1 aliphatic rings. The van der Waals surface area contributed by atoms with Gasteiger partial charge in [0, 0.05) is 12.3 Å². The molecule has 1 amide bonds. The maximum absolute atomic E-state index is 12.7. The molecule has 1 aromatic heterocycles. The summed E-state index contributed by atoms with van der Waals surface area (Å²) in [4.78, 5) is 16.9. The minimum Gasteiger partial charge on any atom is -0.497 e. The maximum Gasteiger partial charge on any atom is 0.231 e. The Morgan fingerprint density at radius 3 is 2.82 bits per heavy atom. The van der Waals surface area contributed by atoms with Gasteiger partial charge in [0.05, 0.1) is 12.5 Å². The summed E-state index contributed by atoms with van der Waals surface area (Å²) in [6, 6.07) is 11.8. The number of pyridine rings is 1. The first-order valence-corrected chi connectivity index (χ1v) is 7.49. The molecule has 1 aromatic carbocycles. The summed E-state index contributed by atoms with van der Waals surface area (Å²) in [5.41, 5.74) is 2.22. The molecule has 114 valence electrons. The number of fused-ring (bicyclic) bond motifs is 1. The second-order valence-corrected chi connectivity index (χ2v) is 6.04. The zero-order chi connectivity index (χ0) is 15.6. The monoisotopic (exact) mass is 296 g/mol. The number of carbonyl (C=O) groups is 1. The molecule has 0 saturated carbocycles. The Bertz CT molecular complexity index is 699. The van der Waals surface area contributed by atoms with E-state index in [9.17, 15) is 4.79 Å². The molecule has 0 spiro atoms. The summed E-state index contributed by atoms with van der Waals surface area (Å²) in [5, 5.41) is 2.93. The molecule has 1 unspecified atom stereocenters. The summed E-state index contributed by atoms with van der Waals surface area (Å²) >= 11 is 0. The highest BCUT2D eigenvalue weighted by atomic mass is 16.5. The van der Waals surface area contributed by atoms with Crippen LogP contribution < -0.4 is 10.1 Å². The van der Waals surface area contributed by atoms with Crippen molar-refractivity contribution in [2.75, 3.05) is 12.4 Å². The van der Waals surface area contributed by atoms with Gasteiger partial charge in [-0.1, -0.05) is 31.2 Å². The van der Waals surface area contributed by atoms with Crippen LogP contribution >= 0.6 is 0 Å². The van der Waals surface area contributed by atoms with Crippen LogP contribution in [0.15, 0.2) is 42.6 Å². The highest BCUT2D eigenvalue weighted by molar-refractivity contribution is 5.94. The van der Waals surface area contributed by atoms with Crippen LogP contribution in [0.2, 0.25) is 0 Å². The first-order chi connectivity index (χ1) is 10.6. The number of nitrogens with zero attached hydrogens (tertiary/aromatic N) is 1. The molecular weight excluding hydrogens is 276 g/mol. The number of ether oxygens (including phenoxy) is 1. The van der Waals surface area contributed by atoms with E-state index in [1.54, 1.807) is 25.4 Å². The molecule has 1 N–H and O–H groups in total. The zero-order valence-corrected chi connectivity index (χ0v) is 12.9. The van der Waals surface area contributed by atoms with Crippen LogP contribution in [0.25, 0.3) is 0 Å². The highest BCUT2D eigenvalue weighted by Gasteiger charge is 2.36. The van der Waals surface area contributed by atoms with Crippen molar-refractivity contribution >= 4 is 11.7 Å². The topological polar surface area (TPSA) is 51.2 Å². The number of methoxy groups -OCH3 is 1. The standard InChI is InChI=1S/C18H20N2O2/c1-18(9-7-13-5-3-4-6-14(13)12-18)17(21)20-16-11-15(22-2)8-10-19-16/h3-6,8,10-11H,7,9,12H2,1-2H3,(H,19,20,21). The Balaban J connectivity index is 1.77. The number of carbonyl (C=O) groups excluding carboxylic acids is 1. The zero-order valence-electron chi connectivity index (χ0n) is 12.9. The Morgan fingerprint density at radius 2 is 2.05 bits per heavy atom. The molecule has 22 heavy (non-hydrogen) atoms. The van der Waals surface area contributed by atoms with Crippen LogP contribution in [0.5, 0.6) is 5.75 Å². The summed E-state index contributed by atoms with van der Waals surface area (Å²) in [5.74, 6) is 1.23. The normalized spacial score (nSPS) is 20.1. The molecule has 0 saturated heterocycles. The number of nitrogens with one attached hydrogen (secondary N) is 1. The molecule has 1 atom stereocenters. The SMILES string of the molecule is COc1ccnc(NC(=O)C2(C)CCc3ccccc3C2)c1. The van der Waals surface area contributed by atoms with Crippen molar-refractivity contribution in [3.8, 4) is 5.75 Å². The number of rotatable bonds is 3. The van der Waals surface area contributed by atoms with Crippen LogP contribution in [0, 0.1) is 5.41 Å². The fraction of sp³-hybridized carbons (Fsp3) is 0.333. The van der Waals surface area contributed by atoms with Gasteiger partial charge in [-0.05, 0) is 36.5 Å². The maximum atomic E-state index is 12.7. The lowest BCUT2D eigenvalue weighted by molar-refractivity contribution is -0.125. The van der Waals surface area contributed by atoms with E-state index in [2.05, 4.69) is 28.5 Å². The smallest absolute Gasteiger partial charge is 0.231 e. The van der Waals surface area contributed by atoms with Gasteiger partial charge in [-0.25, -0.2) is 4.98 Å². The van der Waals surface area contributed by atoms with Gasteiger partial charge >= 0.3 is 0 Å².